The fourth-order valence-electron chi connectivity index (χ4n) is 1.55. The fourth-order valence-corrected chi connectivity index (χ4v) is 1.55. The Morgan fingerprint density at radius 2 is 1.72 bits per heavy atom. The van der Waals surface area contributed by atoms with Gasteiger partial charge >= 0.3 is 0 Å². The van der Waals surface area contributed by atoms with Gasteiger partial charge in [0.1, 0.15) is 0 Å². The minimum absolute atomic E-state index is 0.00209. The molecule has 0 aliphatic carbocycles. The summed E-state index contributed by atoms with van der Waals surface area (Å²) >= 11 is 0. The lowest BCUT2D eigenvalue weighted by Crippen LogP contribution is -2.02. The van der Waals surface area contributed by atoms with Gasteiger partial charge in [0.15, 0.2) is 23.1 Å². The van der Waals surface area contributed by atoms with E-state index in [1.54, 1.807) is 12.1 Å². The molecule has 2 rings (SSSR count). The Labute approximate surface area is 102 Å². The largest absolute Gasteiger partial charge is 0.504 e. The monoisotopic (exact) mass is 251 g/mol. The fraction of sp³-hybridized carbons (Fsp3) is 0.0769. The molecule has 0 radical (unpaired) electrons. The number of nitrogens with one attached hydrogen (secondary N) is 1. The molecule has 0 saturated heterocycles. The van der Waals surface area contributed by atoms with Crippen LogP contribution in [0.25, 0.3) is 0 Å². The molecular weight excluding hydrogens is 240 g/mol. The van der Waals surface area contributed by atoms with Crippen molar-refractivity contribution in [2.75, 3.05) is 5.32 Å². The van der Waals surface area contributed by atoms with Gasteiger partial charge < -0.3 is 15.5 Å². The Kier molecular flexibility index (Phi) is 3.32. The quantitative estimate of drug-likeness (QED) is 0.735. The van der Waals surface area contributed by atoms with E-state index < -0.39 is 11.6 Å². The zero-order chi connectivity index (χ0) is 13.1. The maximum Gasteiger partial charge on any atom is 0.181 e. The Balaban J connectivity index is 2.17. The minimum Gasteiger partial charge on any atom is -0.504 e. The number of anilines is 1. The molecule has 0 bridgehead atoms. The molecule has 0 fully saturated rings. The zero-order valence-electron chi connectivity index (χ0n) is 9.32. The molecule has 3 N–H and O–H groups in total. The second-order valence-electron chi connectivity index (χ2n) is 3.74. The van der Waals surface area contributed by atoms with Crippen molar-refractivity contribution in [3.63, 3.8) is 0 Å². The third kappa shape index (κ3) is 2.34. The van der Waals surface area contributed by atoms with Gasteiger partial charge in [0.25, 0.3) is 0 Å². The molecule has 5 heteroatoms. The van der Waals surface area contributed by atoms with Crippen molar-refractivity contribution in [2.45, 2.75) is 6.54 Å². The van der Waals surface area contributed by atoms with Gasteiger partial charge in [-0.25, -0.2) is 8.78 Å². The van der Waals surface area contributed by atoms with Gasteiger partial charge in [0.2, 0.25) is 0 Å². The van der Waals surface area contributed by atoms with Crippen LogP contribution in [0, 0.1) is 11.6 Å². The summed E-state index contributed by atoms with van der Waals surface area (Å²) in [6.07, 6.45) is 0. The molecular formula is C13H11F2NO2. The highest BCUT2D eigenvalue weighted by atomic mass is 19.2. The van der Waals surface area contributed by atoms with Crippen LogP contribution in [-0.4, -0.2) is 10.2 Å². The number of benzene rings is 2. The Morgan fingerprint density at radius 1 is 1.00 bits per heavy atom. The second kappa shape index (κ2) is 4.91. The molecule has 0 aromatic heterocycles. The predicted molar refractivity (Wildman–Crippen MR) is 63.5 cm³/mol. The van der Waals surface area contributed by atoms with Gasteiger partial charge in [-0.3, -0.25) is 0 Å². The number of aromatic hydroxyl groups is 2. The number of halogens is 2. The molecule has 0 heterocycles. The molecule has 2 aromatic carbocycles. The zero-order valence-corrected chi connectivity index (χ0v) is 9.32. The molecule has 2 aromatic rings. The topological polar surface area (TPSA) is 52.5 Å². The number of hydrogen-bond acceptors (Lipinski definition) is 3. The van der Waals surface area contributed by atoms with Gasteiger partial charge in [-0.05, 0) is 18.2 Å². The first-order chi connectivity index (χ1) is 8.59. The number of rotatable bonds is 3. The highest BCUT2D eigenvalue weighted by molar-refractivity contribution is 5.49. The van der Waals surface area contributed by atoms with E-state index in [0.717, 1.165) is 6.07 Å². The maximum absolute atomic E-state index is 13.3. The Bertz CT molecular complexity index is 521. The van der Waals surface area contributed by atoms with E-state index in [1.165, 1.54) is 18.2 Å². The summed E-state index contributed by atoms with van der Waals surface area (Å²) in [4.78, 5) is 0. The van der Waals surface area contributed by atoms with Crippen LogP contribution in [0.4, 0.5) is 14.5 Å². The molecule has 0 atom stereocenters. The molecule has 94 valence electrons. The van der Waals surface area contributed by atoms with Gasteiger partial charge in [-0.2, -0.15) is 0 Å². The smallest absolute Gasteiger partial charge is 0.181 e. The minimum atomic E-state index is -0.975. The Morgan fingerprint density at radius 3 is 2.50 bits per heavy atom. The van der Waals surface area contributed by atoms with Crippen molar-refractivity contribution in [1.29, 1.82) is 0 Å². The normalized spacial score (nSPS) is 10.3. The van der Waals surface area contributed by atoms with Crippen LogP contribution in [0.5, 0.6) is 11.5 Å². The van der Waals surface area contributed by atoms with Crippen LogP contribution >= 0.6 is 0 Å². The summed E-state index contributed by atoms with van der Waals surface area (Å²) in [5, 5.41) is 21.5. The van der Waals surface area contributed by atoms with Gasteiger partial charge in [-0.1, -0.05) is 18.2 Å². The molecule has 18 heavy (non-hydrogen) atoms. The lowest BCUT2D eigenvalue weighted by atomic mass is 10.2. The third-order valence-electron chi connectivity index (χ3n) is 2.52. The lowest BCUT2D eigenvalue weighted by molar-refractivity contribution is 0.400. The van der Waals surface area contributed by atoms with Gasteiger partial charge in [0, 0.05) is 12.1 Å². The maximum atomic E-state index is 13.3. The number of phenols is 2. The molecule has 0 aliphatic heterocycles. The lowest BCUT2D eigenvalue weighted by Gasteiger charge is -2.10. The van der Waals surface area contributed by atoms with E-state index >= 15 is 0 Å². The first kappa shape index (κ1) is 12.2. The van der Waals surface area contributed by atoms with Crippen molar-refractivity contribution in [1.82, 2.24) is 0 Å². The van der Waals surface area contributed by atoms with Crippen LogP contribution < -0.4 is 5.32 Å². The van der Waals surface area contributed by atoms with Gasteiger partial charge in [-0.15, -0.1) is 0 Å². The van der Waals surface area contributed by atoms with Crippen LogP contribution in [0.15, 0.2) is 36.4 Å². The highest BCUT2D eigenvalue weighted by Crippen LogP contribution is 2.29. The van der Waals surface area contributed by atoms with E-state index in [9.17, 15) is 19.0 Å². The van der Waals surface area contributed by atoms with Crippen LogP contribution in [0.1, 0.15) is 5.56 Å². The van der Waals surface area contributed by atoms with E-state index in [4.69, 9.17) is 0 Å². The molecule has 0 amide bonds. The standard InChI is InChI=1S/C13H11F2NO2/c14-9-4-2-5-10(12(9)15)16-7-8-3-1-6-11(17)13(8)18/h1-6,16-18H,7H2. The molecule has 3 nitrogen and oxygen atoms in total. The Hall–Kier alpha value is -2.30. The number of phenolic OH excluding ortho intramolecular Hbond substituents is 2. The number of para-hydroxylation sites is 1. The van der Waals surface area contributed by atoms with E-state index in [1.807, 2.05) is 0 Å². The summed E-state index contributed by atoms with van der Waals surface area (Å²) in [6.45, 7) is 0.0700. The SMILES string of the molecule is Oc1cccc(CNc2cccc(F)c2F)c1O. The van der Waals surface area contributed by atoms with Crippen molar-refractivity contribution in [3.8, 4) is 11.5 Å². The highest BCUT2D eigenvalue weighted by Gasteiger charge is 2.09. The van der Waals surface area contributed by atoms with Crippen molar-refractivity contribution in [2.24, 2.45) is 0 Å². The molecule has 0 aliphatic rings. The summed E-state index contributed by atoms with van der Waals surface area (Å²) in [7, 11) is 0. The van der Waals surface area contributed by atoms with E-state index in [2.05, 4.69) is 5.32 Å². The average molecular weight is 251 g/mol. The summed E-state index contributed by atoms with van der Waals surface area (Å²) in [5.41, 5.74) is 0.386. The number of hydrogen-bond donors (Lipinski definition) is 3. The van der Waals surface area contributed by atoms with E-state index in [0.29, 0.717) is 5.56 Å². The van der Waals surface area contributed by atoms with E-state index in [-0.39, 0.29) is 23.7 Å². The van der Waals surface area contributed by atoms with Crippen LogP contribution in [0.3, 0.4) is 0 Å². The van der Waals surface area contributed by atoms with Crippen molar-refractivity contribution >= 4 is 5.69 Å². The van der Waals surface area contributed by atoms with Gasteiger partial charge in [0.05, 0.1) is 5.69 Å². The second-order valence-corrected chi connectivity index (χ2v) is 3.74. The molecule has 0 unspecified atom stereocenters. The predicted octanol–water partition coefficient (Wildman–Crippen LogP) is 2.99. The first-order valence-electron chi connectivity index (χ1n) is 5.27. The molecule has 0 spiro atoms. The van der Waals surface area contributed by atoms with Crippen molar-refractivity contribution < 1.29 is 19.0 Å². The third-order valence-corrected chi connectivity index (χ3v) is 2.52. The summed E-state index contributed by atoms with van der Waals surface area (Å²) in [6, 6.07) is 8.24. The summed E-state index contributed by atoms with van der Waals surface area (Å²) < 4.78 is 26.3. The van der Waals surface area contributed by atoms with Crippen LogP contribution in [0.2, 0.25) is 0 Å². The van der Waals surface area contributed by atoms with Crippen LogP contribution in [-0.2, 0) is 6.54 Å². The molecule has 0 saturated carbocycles. The average Bonchev–Trinajstić information content (AvgIpc) is 2.36. The van der Waals surface area contributed by atoms with Crippen molar-refractivity contribution in [3.05, 3.63) is 53.6 Å². The first-order valence-corrected chi connectivity index (χ1v) is 5.27. The summed E-state index contributed by atoms with van der Waals surface area (Å²) in [5.74, 6) is -2.45.